The lowest BCUT2D eigenvalue weighted by Gasteiger charge is -2.38. The van der Waals surface area contributed by atoms with E-state index < -0.39 is 0 Å². The fraction of sp³-hybridized carbons (Fsp3) is 0.435. The first kappa shape index (κ1) is 18.5. The molecule has 2 aromatic rings. The van der Waals surface area contributed by atoms with Gasteiger partial charge in [-0.25, -0.2) is 0 Å². The van der Waals surface area contributed by atoms with Crippen molar-refractivity contribution < 1.29 is 9.53 Å². The van der Waals surface area contributed by atoms with Crippen molar-refractivity contribution in [3.63, 3.8) is 0 Å². The summed E-state index contributed by atoms with van der Waals surface area (Å²) < 4.78 is 6.09. The van der Waals surface area contributed by atoms with Crippen LogP contribution in [0.1, 0.15) is 74.1 Å². The van der Waals surface area contributed by atoms with E-state index in [9.17, 15) is 4.79 Å². The first-order valence-corrected chi connectivity index (χ1v) is 9.26. The van der Waals surface area contributed by atoms with E-state index in [-0.39, 0.29) is 23.0 Å². The third kappa shape index (κ3) is 3.92. The molecule has 138 valence electrons. The predicted octanol–water partition coefficient (Wildman–Crippen LogP) is 5.32. The van der Waals surface area contributed by atoms with Crippen LogP contribution in [0.2, 0.25) is 0 Å². The Hall–Kier alpha value is -2.29. The van der Waals surface area contributed by atoms with Gasteiger partial charge in [0.2, 0.25) is 0 Å². The van der Waals surface area contributed by atoms with Gasteiger partial charge in [0.1, 0.15) is 11.4 Å². The van der Waals surface area contributed by atoms with Crippen molar-refractivity contribution >= 4 is 5.91 Å². The highest BCUT2D eigenvalue weighted by atomic mass is 16.5. The van der Waals surface area contributed by atoms with Crippen molar-refractivity contribution in [3.8, 4) is 5.75 Å². The topological polar surface area (TPSA) is 38.3 Å². The average molecular weight is 351 g/mol. The van der Waals surface area contributed by atoms with Gasteiger partial charge in [0, 0.05) is 17.5 Å². The number of hydrogen-bond donors (Lipinski definition) is 1. The van der Waals surface area contributed by atoms with E-state index in [0.29, 0.717) is 5.56 Å². The standard InChI is InChI=1S/C23H29NO2/c1-15-7-12-20-18(13-15)19(14-23(5,6)26-20)24-21(25)16-8-10-17(11-9-16)22(2,3)4/h7-13,19H,14H2,1-6H3,(H,24,25). The van der Waals surface area contributed by atoms with Crippen LogP contribution in [0.15, 0.2) is 42.5 Å². The smallest absolute Gasteiger partial charge is 0.251 e. The number of aryl methyl sites for hydroxylation is 1. The number of hydrogen-bond acceptors (Lipinski definition) is 2. The number of amides is 1. The molecular formula is C23H29NO2. The van der Waals surface area contributed by atoms with Crippen LogP contribution >= 0.6 is 0 Å². The second-order valence-corrected chi connectivity index (χ2v) is 8.96. The number of carbonyl (C=O) groups is 1. The number of nitrogens with one attached hydrogen (secondary N) is 1. The van der Waals surface area contributed by atoms with Crippen LogP contribution in [0.3, 0.4) is 0 Å². The summed E-state index contributed by atoms with van der Waals surface area (Å²) in [4.78, 5) is 12.8. The van der Waals surface area contributed by atoms with Gasteiger partial charge in [-0.3, -0.25) is 4.79 Å². The second-order valence-electron chi connectivity index (χ2n) is 8.96. The minimum atomic E-state index is -0.309. The Morgan fingerprint density at radius 2 is 1.77 bits per heavy atom. The number of carbonyl (C=O) groups excluding carboxylic acids is 1. The van der Waals surface area contributed by atoms with Gasteiger partial charge in [0.25, 0.3) is 5.91 Å². The molecule has 0 aliphatic carbocycles. The molecule has 1 aliphatic rings. The molecule has 1 atom stereocenters. The summed E-state index contributed by atoms with van der Waals surface area (Å²) >= 11 is 0. The molecule has 1 unspecified atom stereocenters. The van der Waals surface area contributed by atoms with Gasteiger partial charge in [0.05, 0.1) is 6.04 Å². The molecule has 1 aliphatic heterocycles. The number of fused-ring (bicyclic) bond motifs is 1. The average Bonchev–Trinajstić information content (AvgIpc) is 2.54. The van der Waals surface area contributed by atoms with Gasteiger partial charge in [-0.1, -0.05) is 50.6 Å². The van der Waals surface area contributed by atoms with Crippen LogP contribution in [0, 0.1) is 6.92 Å². The molecule has 0 aromatic heterocycles. The lowest BCUT2D eigenvalue weighted by atomic mass is 9.86. The van der Waals surface area contributed by atoms with E-state index in [1.807, 2.05) is 36.4 Å². The molecule has 3 nitrogen and oxygen atoms in total. The summed E-state index contributed by atoms with van der Waals surface area (Å²) in [5.41, 5.74) is 3.91. The van der Waals surface area contributed by atoms with E-state index in [0.717, 1.165) is 17.7 Å². The molecule has 2 aromatic carbocycles. The van der Waals surface area contributed by atoms with E-state index in [1.54, 1.807) is 0 Å². The number of ether oxygens (including phenoxy) is 1. The van der Waals surface area contributed by atoms with Gasteiger partial charge in [0.15, 0.2) is 0 Å². The molecule has 0 saturated heterocycles. The van der Waals surface area contributed by atoms with Crippen LogP contribution in [0.25, 0.3) is 0 Å². The minimum absolute atomic E-state index is 0.0411. The van der Waals surface area contributed by atoms with Crippen LogP contribution in [0.5, 0.6) is 5.75 Å². The maximum atomic E-state index is 12.8. The molecule has 3 heteroatoms. The van der Waals surface area contributed by atoms with Crippen molar-refractivity contribution in [3.05, 3.63) is 64.7 Å². The number of rotatable bonds is 2. The summed E-state index contributed by atoms with van der Waals surface area (Å²) in [7, 11) is 0. The molecule has 1 heterocycles. The third-order valence-corrected chi connectivity index (χ3v) is 4.94. The second kappa shape index (κ2) is 6.46. The lowest BCUT2D eigenvalue weighted by Crippen LogP contribution is -2.41. The van der Waals surface area contributed by atoms with Crippen molar-refractivity contribution in [2.75, 3.05) is 0 Å². The molecule has 0 fully saturated rings. The van der Waals surface area contributed by atoms with Crippen molar-refractivity contribution in [1.82, 2.24) is 5.32 Å². The summed E-state index contributed by atoms with van der Waals surface area (Å²) in [6.45, 7) is 12.7. The van der Waals surface area contributed by atoms with Crippen molar-refractivity contribution in [1.29, 1.82) is 0 Å². The Kier molecular flexibility index (Phi) is 4.60. The fourth-order valence-electron chi connectivity index (χ4n) is 3.47. The van der Waals surface area contributed by atoms with Crippen LogP contribution in [-0.2, 0) is 5.41 Å². The molecule has 1 N–H and O–H groups in total. The molecule has 0 bridgehead atoms. The molecule has 0 saturated carbocycles. The summed E-state index contributed by atoms with van der Waals surface area (Å²) in [6.07, 6.45) is 0.745. The number of benzene rings is 2. The SMILES string of the molecule is Cc1ccc2c(c1)C(NC(=O)c1ccc(C(C)(C)C)cc1)CC(C)(C)O2. The first-order chi connectivity index (χ1) is 12.0. The van der Waals surface area contributed by atoms with E-state index >= 15 is 0 Å². The van der Waals surface area contributed by atoms with E-state index in [4.69, 9.17) is 4.74 Å². The maximum absolute atomic E-state index is 12.8. The Morgan fingerprint density at radius 3 is 2.38 bits per heavy atom. The zero-order chi connectivity index (χ0) is 19.1. The molecule has 3 rings (SSSR count). The largest absolute Gasteiger partial charge is 0.487 e. The molecular weight excluding hydrogens is 322 g/mol. The van der Waals surface area contributed by atoms with Gasteiger partial charge in [-0.15, -0.1) is 0 Å². The predicted molar refractivity (Wildman–Crippen MR) is 106 cm³/mol. The van der Waals surface area contributed by atoms with Crippen LogP contribution < -0.4 is 10.1 Å². The van der Waals surface area contributed by atoms with Crippen molar-refractivity contribution in [2.24, 2.45) is 0 Å². The minimum Gasteiger partial charge on any atom is -0.487 e. The van der Waals surface area contributed by atoms with Gasteiger partial charge in [-0.05, 0) is 49.9 Å². The van der Waals surface area contributed by atoms with E-state index in [1.165, 1.54) is 11.1 Å². The highest BCUT2D eigenvalue weighted by molar-refractivity contribution is 5.94. The maximum Gasteiger partial charge on any atom is 0.251 e. The highest BCUT2D eigenvalue weighted by Gasteiger charge is 2.34. The monoisotopic (exact) mass is 351 g/mol. The highest BCUT2D eigenvalue weighted by Crippen LogP contribution is 2.40. The zero-order valence-electron chi connectivity index (χ0n) is 16.6. The molecule has 26 heavy (non-hydrogen) atoms. The quantitative estimate of drug-likeness (QED) is 0.795. The Balaban J connectivity index is 1.84. The summed E-state index contributed by atoms with van der Waals surface area (Å²) in [5, 5.41) is 3.21. The van der Waals surface area contributed by atoms with Gasteiger partial charge >= 0.3 is 0 Å². The summed E-state index contributed by atoms with van der Waals surface area (Å²) in [5.74, 6) is 0.820. The van der Waals surface area contributed by atoms with Crippen molar-refractivity contribution in [2.45, 2.75) is 65.0 Å². The summed E-state index contributed by atoms with van der Waals surface area (Å²) in [6, 6.07) is 14.0. The van der Waals surface area contributed by atoms with Gasteiger partial charge in [-0.2, -0.15) is 0 Å². The van der Waals surface area contributed by atoms with E-state index in [2.05, 4.69) is 52.9 Å². The molecule has 1 amide bonds. The zero-order valence-corrected chi connectivity index (χ0v) is 16.6. The fourth-order valence-corrected chi connectivity index (χ4v) is 3.47. The molecule has 0 radical (unpaired) electrons. The normalized spacial score (nSPS) is 18.6. The van der Waals surface area contributed by atoms with Gasteiger partial charge < -0.3 is 10.1 Å². The Morgan fingerprint density at radius 1 is 1.12 bits per heavy atom. The first-order valence-electron chi connectivity index (χ1n) is 9.26. The Labute approximate surface area is 156 Å². The van der Waals surface area contributed by atoms with Crippen LogP contribution in [0.4, 0.5) is 0 Å². The molecule has 0 spiro atoms. The van der Waals surface area contributed by atoms with Crippen LogP contribution in [-0.4, -0.2) is 11.5 Å². The lowest BCUT2D eigenvalue weighted by molar-refractivity contribution is 0.0619. The third-order valence-electron chi connectivity index (χ3n) is 4.94. The Bertz CT molecular complexity index is 813.